The lowest BCUT2D eigenvalue weighted by Crippen LogP contribution is -2.34. The Labute approximate surface area is 142 Å². The molecule has 1 fully saturated rings. The molecule has 1 atom stereocenters. The van der Waals surface area contributed by atoms with Crippen LogP contribution in [-0.2, 0) is 6.54 Å². The number of imidazole rings is 1. The van der Waals surface area contributed by atoms with Gasteiger partial charge >= 0.3 is 0 Å². The van der Waals surface area contributed by atoms with Crippen LogP contribution in [0.3, 0.4) is 0 Å². The molecular formula is C19H21N5. The summed E-state index contributed by atoms with van der Waals surface area (Å²) in [5.41, 5.74) is 2.44. The van der Waals surface area contributed by atoms with Crippen LogP contribution < -0.4 is 0 Å². The smallest absolute Gasteiger partial charge is 0.160 e. The summed E-state index contributed by atoms with van der Waals surface area (Å²) in [6.45, 7) is 3.17. The first kappa shape index (κ1) is 15.0. The summed E-state index contributed by atoms with van der Waals surface area (Å²) < 4.78 is 1.96. The summed E-state index contributed by atoms with van der Waals surface area (Å²) in [4.78, 5) is 15.9. The molecule has 0 radical (unpaired) electrons. The second-order valence-corrected chi connectivity index (χ2v) is 6.30. The predicted molar refractivity (Wildman–Crippen MR) is 92.8 cm³/mol. The van der Waals surface area contributed by atoms with Crippen molar-refractivity contribution in [2.45, 2.75) is 25.3 Å². The Morgan fingerprint density at radius 1 is 1.04 bits per heavy atom. The highest BCUT2D eigenvalue weighted by atomic mass is 15.1. The van der Waals surface area contributed by atoms with Gasteiger partial charge < -0.3 is 0 Å². The van der Waals surface area contributed by atoms with Crippen molar-refractivity contribution < 1.29 is 0 Å². The summed E-state index contributed by atoms with van der Waals surface area (Å²) in [5, 5.41) is 0. The van der Waals surface area contributed by atoms with Crippen molar-refractivity contribution in [3.63, 3.8) is 0 Å². The van der Waals surface area contributed by atoms with Crippen molar-refractivity contribution in [1.82, 2.24) is 24.4 Å². The average molecular weight is 319 g/mol. The molecule has 2 aromatic heterocycles. The van der Waals surface area contributed by atoms with Crippen molar-refractivity contribution in [3.05, 3.63) is 72.7 Å². The second-order valence-electron chi connectivity index (χ2n) is 6.30. The quantitative estimate of drug-likeness (QED) is 0.741. The SMILES string of the molecule is c1ccc(CN2CCC[C@H](c3nccnc3-n3ccnc3)C2)cc1. The molecular weight excluding hydrogens is 298 g/mol. The van der Waals surface area contributed by atoms with E-state index < -0.39 is 0 Å². The van der Waals surface area contributed by atoms with E-state index in [-0.39, 0.29) is 0 Å². The minimum absolute atomic E-state index is 0.411. The van der Waals surface area contributed by atoms with E-state index in [2.05, 4.69) is 50.2 Å². The third-order valence-electron chi connectivity index (χ3n) is 4.60. The van der Waals surface area contributed by atoms with Gasteiger partial charge in [-0.2, -0.15) is 0 Å². The van der Waals surface area contributed by atoms with Gasteiger partial charge in [0.1, 0.15) is 6.33 Å². The standard InChI is InChI=1S/C19H21N5/c1-2-5-16(6-3-1)13-23-11-4-7-17(14-23)18-19(22-9-8-21-18)24-12-10-20-15-24/h1-3,5-6,8-10,12,15,17H,4,7,11,13-14H2/t17-/m0/s1. The molecule has 0 spiro atoms. The first-order valence-corrected chi connectivity index (χ1v) is 8.45. The predicted octanol–water partition coefficient (Wildman–Crippen LogP) is 3.04. The Hall–Kier alpha value is -2.53. The van der Waals surface area contributed by atoms with Crippen molar-refractivity contribution in [2.24, 2.45) is 0 Å². The molecule has 1 aliphatic rings. The minimum atomic E-state index is 0.411. The first-order chi connectivity index (χ1) is 11.9. The zero-order chi connectivity index (χ0) is 16.2. The van der Waals surface area contributed by atoms with Gasteiger partial charge in [-0.15, -0.1) is 0 Å². The van der Waals surface area contributed by atoms with Crippen LogP contribution >= 0.6 is 0 Å². The lowest BCUT2D eigenvalue weighted by Gasteiger charge is -2.33. The molecule has 1 aliphatic heterocycles. The monoisotopic (exact) mass is 319 g/mol. The van der Waals surface area contributed by atoms with E-state index in [0.717, 1.165) is 37.6 Å². The van der Waals surface area contributed by atoms with Crippen LogP contribution in [-0.4, -0.2) is 37.5 Å². The topological polar surface area (TPSA) is 46.8 Å². The summed E-state index contributed by atoms with van der Waals surface area (Å²) in [5.74, 6) is 1.31. The van der Waals surface area contributed by atoms with Gasteiger partial charge in [-0.05, 0) is 24.9 Å². The van der Waals surface area contributed by atoms with Crippen LogP contribution in [0.15, 0.2) is 61.4 Å². The molecule has 122 valence electrons. The van der Waals surface area contributed by atoms with Crippen LogP contribution in [0.1, 0.15) is 30.0 Å². The van der Waals surface area contributed by atoms with Crippen LogP contribution in [0.25, 0.3) is 5.82 Å². The maximum absolute atomic E-state index is 4.66. The van der Waals surface area contributed by atoms with Gasteiger partial charge in [0.05, 0.1) is 5.69 Å². The fraction of sp³-hybridized carbons (Fsp3) is 0.316. The third-order valence-corrected chi connectivity index (χ3v) is 4.60. The Morgan fingerprint density at radius 3 is 2.75 bits per heavy atom. The summed E-state index contributed by atoms with van der Waals surface area (Å²) in [7, 11) is 0. The van der Waals surface area contributed by atoms with E-state index in [1.165, 1.54) is 12.0 Å². The molecule has 0 aliphatic carbocycles. The number of hydrogen-bond donors (Lipinski definition) is 0. The number of rotatable bonds is 4. The first-order valence-electron chi connectivity index (χ1n) is 8.45. The van der Waals surface area contributed by atoms with E-state index in [1.54, 1.807) is 24.9 Å². The summed E-state index contributed by atoms with van der Waals surface area (Å²) >= 11 is 0. The number of hydrogen-bond acceptors (Lipinski definition) is 4. The molecule has 3 heterocycles. The van der Waals surface area contributed by atoms with Gasteiger partial charge in [-0.1, -0.05) is 30.3 Å². The van der Waals surface area contributed by atoms with Crippen LogP contribution in [0.4, 0.5) is 0 Å². The molecule has 5 heteroatoms. The number of aromatic nitrogens is 4. The van der Waals surface area contributed by atoms with E-state index >= 15 is 0 Å². The Bertz CT molecular complexity index is 769. The molecule has 0 bridgehead atoms. The number of likely N-dealkylation sites (tertiary alicyclic amines) is 1. The largest absolute Gasteiger partial charge is 0.298 e. The van der Waals surface area contributed by atoms with Gasteiger partial charge in [-0.3, -0.25) is 14.5 Å². The fourth-order valence-corrected chi connectivity index (χ4v) is 3.48. The van der Waals surface area contributed by atoms with Gasteiger partial charge in [0.25, 0.3) is 0 Å². The highest BCUT2D eigenvalue weighted by Crippen LogP contribution is 2.29. The van der Waals surface area contributed by atoms with Crippen LogP contribution in [0.2, 0.25) is 0 Å². The van der Waals surface area contributed by atoms with Gasteiger partial charge in [0, 0.05) is 43.8 Å². The highest BCUT2D eigenvalue weighted by Gasteiger charge is 2.25. The van der Waals surface area contributed by atoms with E-state index in [0.29, 0.717) is 5.92 Å². The molecule has 0 N–H and O–H groups in total. The molecule has 1 aromatic carbocycles. The number of benzene rings is 1. The molecule has 24 heavy (non-hydrogen) atoms. The number of nitrogens with zero attached hydrogens (tertiary/aromatic N) is 5. The normalized spacial score (nSPS) is 18.6. The van der Waals surface area contributed by atoms with E-state index in [4.69, 9.17) is 0 Å². The van der Waals surface area contributed by atoms with Gasteiger partial charge in [-0.25, -0.2) is 9.97 Å². The average Bonchev–Trinajstić information content (AvgIpc) is 3.17. The molecule has 0 saturated carbocycles. The summed E-state index contributed by atoms with van der Waals surface area (Å²) in [6.07, 6.45) is 11.4. The van der Waals surface area contributed by atoms with Crippen molar-refractivity contribution >= 4 is 0 Å². The fourth-order valence-electron chi connectivity index (χ4n) is 3.48. The van der Waals surface area contributed by atoms with E-state index in [1.807, 2.05) is 10.8 Å². The zero-order valence-corrected chi connectivity index (χ0v) is 13.6. The van der Waals surface area contributed by atoms with E-state index in [9.17, 15) is 0 Å². The van der Waals surface area contributed by atoms with Gasteiger partial charge in [0.2, 0.25) is 0 Å². The van der Waals surface area contributed by atoms with Crippen LogP contribution in [0.5, 0.6) is 0 Å². The zero-order valence-electron chi connectivity index (χ0n) is 13.6. The maximum Gasteiger partial charge on any atom is 0.160 e. The summed E-state index contributed by atoms with van der Waals surface area (Å²) in [6, 6.07) is 10.7. The van der Waals surface area contributed by atoms with Crippen molar-refractivity contribution in [2.75, 3.05) is 13.1 Å². The molecule has 1 saturated heterocycles. The lowest BCUT2D eigenvalue weighted by atomic mass is 9.94. The molecule has 0 unspecified atom stereocenters. The molecule has 5 nitrogen and oxygen atoms in total. The van der Waals surface area contributed by atoms with Crippen molar-refractivity contribution in [1.29, 1.82) is 0 Å². The maximum atomic E-state index is 4.66. The second kappa shape index (κ2) is 6.93. The molecule has 0 amide bonds. The Kier molecular flexibility index (Phi) is 4.34. The Morgan fingerprint density at radius 2 is 1.92 bits per heavy atom. The highest BCUT2D eigenvalue weighted by molar-refractivity contribution is 5.31. The van der Waals surface area contributed by atoms with Crippen molar-refractivity contribution in [3.8, 4) is 5.82 Å². The van der Waals surface area contributed by atoms with Crippen LogP contribution in [0, 0.1) is 0 Å². The Balaban J connectivity index is 1.55. The molecule has 3 aromatic rings. The minimum Gasteiger partial charge on any atom is -0.298 e. The number of piperidine rings is 1. The lowest BCUT2D eigenvalue weighted by molar-refractivity contribution is 0.198. The molecule has 4 rings (SSSR count). The third kappa shape index (κ3) is 3.21. The van der Waals surface area contributed by atoms with Gasteiger partial charge in [0.15, 0.2) is 5.82 Å².